The Morgan fingerprint density at radius 2 is 2.45 bits per heavy atom. The fraction of sp³-hybridized carbons (Fsp3) is 0.143. The molecule has 0 saturated heterocycles. The lowest BCUT2D eigenvalue weighted by atomic mass is 10.6. The molecule has 0 amide bonds. The number of rotatable bonds is 1. The lowest BCUT2D eigenvalue weighted by Crippen LogP contribution is -2.96. The number of allylic oxidation sites excluding steroid dienone is 1. The minimum atomic E-state index is 0.840. The van der Waals surface area contributed by atoms with Crippen molar-refractivity contribution in [3.05, 3.63) is 24.2 Å². The third-order valence-electron chi connectivity index (χ3n) is 1.50. The molecule has 0 aliphatic carbocycles. The van der Waals surface area contributed by atoms with Gasteiger partial charge in [-0.25, -0.2) is 0 Å². The molecule has 11 heavy (non-hydrogen) atoms. The van der Waals surface area contributed by atoms with Crippen molar-refractivity contribution in [2.45, 2.75) is 6.92 Å². The van der Waals surface area contributed by atoms with Crippen LogP contribution in [0.1, 0.15) is 5.69 Å². The van der Waals surface area contributed by atoms with Crippen molar-refractivity contribution >= 4 is 12.2 Å². The monoisotopic (exact) mass is 149 g/mol. The van der Waals surface area contributed by atoms with Crippen LogP contribution in [0.2, 0.25) is 0 Å². The summed E-state index contributed by atoms with van der Waals surface area (Å²) in [6.45, 7) is 1.97. The predicted molar refractivity (Wildman–Crippen MR) is 41.6 cm³/mol. The molecule has 1 aromatic heterocycles. The summed E-state index contributed by atoms with van der Waals surface area (Å²) in [4.78, 5) is 7.24. The summed E-state index contributed by atoms with van der Waals surface area (Å²) >= 11 is 0. The number of aryl methyl sites for hydroxylation is 1. The fourth-order valence-electron chi connectivity index (χ4n) is 0.983. The predicted octanol–water partition coefficient (Wildman–Crippen LogP) is -0.252. The smallest absolute Gasteiger partial charge is 0.294 e. The molecule has 1 aliphatic rings. The number of nitrogens with zero attached hydrogens (tertiary/aromatic N) is 2. The Morgan fingerprint density at radius 3 is 3.00 bits per heavy atom. The normalized spacial score (nSPS) is 21.4. The number of H-pyrrole nitrogens is 1. The zero-order valence-corrected chi connectivity index (χ0v) is 6.20. The van der Waals surface area contributed by atoms with Crippen molar-refractivity contribution in [2.75, 3.05) is 0 Å². The van der Waals surface area contributed by atoms with Crippen LogP contribution < -0.4 is 5.01 Å². The van der Waals surface area contributed by atoms with E-state index in [-0.39, 0.29) is 0 Å². The number of hydrogen-bond acceptors (Lipinski definition) is 2. The van der Waals surface area contributed by atoms with Crippen LogP contribution in [-0.2, 0) is 0 Å². The third kappa shape index (κ3) is 1.08. The highest BCUT2D eigenvalue weighted by molar-refractivity contribution is 5.71. The molecule has 4 heteroatoms. The lowest BCUT2D eigenvalue weighted by molar-refractivity contribution is -0.784. The van der Waals surface area contributed by atoms with Crippen molar-refractivity contribution in [1.82, 2.24) is 9.97 Å². The summed E-state index contributed by atoms with van der Waals surface area (Å²) in [6.07, 6.45) is 7.38. The Hall–Kier alpha value is -1.42. The van der Waals surface area contributed by atoms with Gasteiger partial charge in [0.05, 0.1) is 12.4 Å². The Labute approximate surface area is 64.2 Å². The summed E-state index contributed by atoms with van der Waals surface area (Å²) < 4.78 is 0. The highest BCUT2D eigenvalue weighted by Crippen LogP contribution is 1.95. The van der Waals surface area contributed by atoms with Gasteiger partial charge < -0.3 is 0 Å². The Balaban J connectivity index is 2.29. The Bertz CT molecular complexity index is 298. The second kappa shape index (κ2) is 2.32. The molecule has 0 saturated carbocycles. The highest BCUT2D eigenvalue weighted by Gasteiger charge is 2.13. The Kier molecular flexibility index (Phi) is 1.33. The molecule has 1 unspecified atom stereocenters. The quantitative estimate of drug-likeness (QED) is 0.568. The van der Waals surface area contributed by atoms with Crippen LogP contribution in [0.5, 0.6) is 0 Å². The molecule has 1 aromatic rings. The summed E-state index contributed by atoms with van der Waals surface area (Å²) in [5.41, 5.74) is 1.06. The minimum Gasteiger partial charge on any atom is -0.294 e. The van der Waals surface area contributed by atoms with Gasteiger partial charge in [0, 0.05) is 11.8 Å². The summed E-state index contributed by atoms with van der Waals surface area (Å²) in [5, 5.41) is 5.01. The molecule has 0 bridgehead atoms. The van der Waals surface area contributed by atoms with Crippen LogP contribution in [0.25, 0.3) is 0 Å². The van der Waals surface area contributed by atoms with E-state index in [4.69, 9.17) is 0 Å². The van der Waals surface area contributed by atoms with E-state index in [1.165, 1.54) is 0 Å². The molecular weight excluding hydrogens is 140 g/mol. The van der Waals surface area contributed by atoms with E-state index < -0.39 is 0 Å². The minimum absolute atomic E-state index is 0.840. The molecule has 1 aliphatic heterocycles. The third-order valence-corrected chi connectivity index (χ3v) is 1.50. The van der Waals surface area contributed by atoms with Crippen LogP contribution in [0, 0.1) is 6.92 Å². The molecule has 0 aromatic carbocycles. The number of aromatic nitrogens is 2. The van der Waals surface area contributed by atoms with E-state index in [1.807, 2.05) is 19.2 Å². The summed E-state index contributed by atoms with van der Waals surface area (Å²) in [5.74, 6) is 0.840. The first-order chi connectivity index (χ1) is 5.36. The summed E-state index contributed by atoms with van der Waals surface area (Å²) in [6, 6.07) is 0. The zero-order valence-electron chi connectivity index (χ0n) is 6.20. The molecule has 0 radical (unpaired) electrons. The van der Waals surface area contributed by atoms with Crippen LogP contribution in [0.4, 0.5) is 5.95 Å². The first kappa shape index (κ1) is 6.30. The van der Waals surface area contributed by atoms with Crippen molar-refractivity contribution in [3.63, 3.8) is 0 Å². The standard InChI is InChI=1S/C7H8N4/c1-6-5-8-7(10-6)11-4-2-3-9-11/h2-5H,1H3,(H,8,10)/p+1. The average Bonchev–Trinajstić information content (AvgIpc) is 2.55. The van der Waals surface area contributed by atoms with Gasteiger partial charge in [-0.1, -0.05) is 5.10 Å². The van der Waals surface area contributed by atoms with Gasteiger partial charge in [-0.3, -0.25) is 4.98 Å². The first-order valence-electron chi connectivity index (χ1n) is 3.46. The van der Waals surface area contributed by atoms with Crippen LogP contribution in [-0.4, -0.2) is 16.2 Å². The number of imidazole rings is 1. The van der Waals surface area contributed by atoms with Crippen molar-refractivity contribution in [3.8, 4) is 0 Å². The molecule has 0 fully saturated rings. The van der Waals surface area contributed by atoms with E-state index in [0.29, 0.717) is 0 Å². The van der Waals surface area contributed by atoms with E-state index in [9.17, 15) is 0 Å². The second-order valence-electron chi connectivity index (χ2n) is 2.44. The van der Waals surface area contributed by atoms with Crippen LogP contribution in [0.15, 0.2) is 23.6 Å². The largest absolute Gasteiger partial charge is 0.336 e. The van der Waals surface area contributed by atoms with Crippen molar-refractivity contribution < 1.29 is 5.01 Å². The molecule has 2 rings (SSSR count). The number of quaternary nitrogens is 1. The number of aromatic amines is 1. The van der Waals surface area contributed by atoms with Crippen LogP contribution >= 0.6 is 0 Å². The average molecular weight is 149 g/mol. The van der Waals surface area contributed by atoms with Gasteiger partial charge >= 0.3 is 5.95 Å². The molecule has 2 heterocycles. The first-order valence-corrected chi connectivity index (χ1v) is 3.46. The molecular formula is C7H9N4+. The van der Waals surface area contributed by atoms with Gasteiger partial charge in [0.15, 0.2) is 0 Å². The fourth-order valence-corrected chi connectivity index (χ4v) is 0.983. The maximum absolute atomic E-state index is 4.14. The number of hydrogen-bond donors (Lipinski definition) is 2. The van der Waals surface area contributed by atoms with Gasteiger partial charge in [0.25, 0.3) is 0 Å². The topological polar surface area (TPSA) is 45.5 Å². The van der Waals surface area contributed by atoms with E-state index in [0.717, 1.165) is 16.7 Å². The van der Waals surface area contributed by atoms with E-state index >= 15 is 0 Å². The van der Waals surface area contributed by atoms with E-state index in [1.54, 1.807) is 12.4 Å². The maximum atomic E-state index is 4.14. The van der Waals surface area contributed by atoms with Gasteiger partial charge in [0.1, 0.15) is 6.20 Å². The van der Waals surface area contributed by atoms with E-state index in [2.05, 4.69) is 15.1 Å². The highest BCUT2D eigenvalue weighted by atomic mass is 15.5. The van der Waals surface area contributed by atoms with Crippen molar-refractivity contribution in [1.29, 1.82) is 0 Å². The van der Waals surface area contributed by atoms with Gasteiger partial charge in [-0.15, -0.1) is 5.01 Å². The van der Waals surface area contributed by atoms with Gasteiger partial charge in [-0.05, 0) is 6.92 Å². The molecule has 56 valence electrons. The molecule has 0 spiro atoms. The molecule has 4 nitrogen and oxygen atoms in total. The lowest BCUT2D eigenvalue weighted by Gasteiger charge is -1.96. The zero-order chi connectivity index (χ0) is 7.68. The molecule has 1 atom stereocenters. The van der Waals surface area contributed by atoms with Crippen molar-refractivity contribution in [2.24, 2.45) is 5.10 Å². The molecule has 2 N–H and O–H groups in total. The van der Waals surface area contributed by atoms with Gasteiger partial charge in [-0.2, -0.15) is 4.98 Å². The van der Waals surface area contributed by atoms with Crippen LogP contribution in [0.3, 0.4) is 0 Å². The Morgan fingerprint density at radius 1 is 1.55 bits per heavy atom. The second-order valence-corrected chi connectivity index (χ2v) is 2.44. The summed E-state index contributed by atoms with van der Waals surface area (Å²) in [7, 11) is 0. The maximum Gasteiger partial charge on any atom is 0.336 e. The SMILES string of the molecule is Cc1cnc([NH+]2C=CC=N2)[nH]1. The van der Waals surface area contributed by atoms with Gasteiger partial charge in [0.2, 0.25) is 0 Å². The number of nitrogens with one attached hydrogen (secondary N) is 2.